The molecular weight excluding hydrogens is 246 g/mol. The number of nitrogens with zero attached hydrogens (tertiary/aromatic N) is 5. The van der Waals surface area contributed by atoms with E-state index in [9.17, 15) is 0 Å². The Kier molecular flexibility index (Phi) is 3.35. The molecule has 0 amide bonds. The van der Waals surface area contributed by atoms with Crippen LogP contribution in [0, 0.1) is 6.92 Å². The van der Waals surface area contributed by atoms with E-state index in [-0.39, 0.29) is 12.0 Å². The van der Waals surface area contributed by atoms with E-state index in [1.807, 2.05) is 0 Å². The summed E-state index contributed by atoms with van der Waals surface area (Å²) in [5, 5.41) is 8.17. The number of nitrogens with two attached hydrogens (primary N) is 1. The van der Waals surface area contributed by atoms with Crippen molar-refractivity contribution < 1.29 is 9.15 Å². The van der Waals surface area contributed by atoms with E-state index < -0.39 is 0 Å². The van der Waals surface area contributed by atoms with Crippen LogP contribution in [0.1, 0.15) is 5.89 Å². The molecule has 9 nitrogen and oxygen atoms in total. The number of hydrogen-bond acceptors (Lipinski definition) is 10. The number of nitrogen functional groups attached to an aromatic ring is 1. The summed E-state index contributed by atoms with van der Waals surface area (Å²) in [4.78, 5) is 11.9. The molecule has 0 aliphatic carbocycles. The number of ether oxygens (including phenoxy) is 1. The number of hydrogen-bond donors (Lipinski definition) is 2. The summed E-state index contributed by atoms with van der Waals surface area (Å²) in [5.41, 5.74) is 2.31. The van der Waals surface area contributed by atoms with E-state index in [1.54, 1.807) is 6.92 Å². The van der Waals surface area contributed by atoms with Gasteiger partial charge in [-0.1, -0.05) is 0 Å². The first-order valence-electron chi connectivity index (χ1n) is 4.46. The van der Waals surface area contributed by atoms with Crippen molar-refractivity contribution in [3.05, 3.63) is 5.89 Å². The van der Waals surface area contributed by atoms with Crippen LogP contribution in [0.2, 0.25) is 0 Å². The Bertz CT molecular complexity index is 494. The van der Waals surface area contributed by atoms with E-state index in [0.29, 0.717) is 16.3 Å². The van der Waals surface area contributed by atoms with Crippen molar-refractivity contribution in [3.63, 3.8) is 0 Å². The van der Waals surface area contributed by atoms with Crippen molar-refractivity contribution in [1.29, 1.82) is 0 Å². The lowest BCUT2D eigenvalue weighted by atomic mass is 10.8. The minimum absolute atomic E-state index is 0.145. The van der Waals surface area contributed by atoms with Crippen molar-refractivity contribution in [2.45, 2.75) is 17.3 Å². The second-order valence-electron chi connectivity index (χ2n) is 2.76. The fourth-order valence-corrected chi connectivity index (χ4v) is 1.59. The van der Waals surface area contributed by atoms with Gasteiger partial charge in [0.25, 0.3) is 5.22 Å². The van der Waals surface area contributed by atoms with Gasteiger partial charge in [0.1, 0.15) is 0 Å². The van der Waals surface area contributed by atoms with Gasteiger partial charge in [-0.25, -0.2) is 5.84 Å². The van der Waals surface area contributed by atoms with Gasteiger partial charge < -0.3 is 9.15 Å². The molecule has 0 fully saturated rings. The van der Waals surface area contributed by atoms with E-state index in [2.05, 4.69) is 30.6 Å². The van der Waals surface area contributed by atoms with Crippen molar-refractivity contribution in [2.24, 2.45) is 5.84 Å². The van der Waals surface area contributed by atoms with Gasteiger partial charge in [-0.05, 0) is 0 Å². The molecule has 0 atom stereocenters. The fourth-order valence-electron chi connectivity index (χ4n) is 0.937. The Morgan fingerprint density at radius 1 is 1.29 bits per heavy atom. The smallest absolute Gasteiger partial charge is 0.322 e. The van der Waals surface area contributed by atoms with Gasteiger partial charge in [0.05, 0.1) is 7.11 Å². The molecule has 3 N–H and O–H groups in total. The molecule has 0 saturated heterocycles. The van der Waals surface area contributed by atoms with Gasteiger partial charge in [-0.15, -0.1) is 10.2 Å². The Hall–Kier alpha value is -1.94. The molecule has 0 saturated carbocycles. The largest absolute Gasteiger partial charge is 0.467 e. The third kappa shape index (κ3) is 2.79. The SMILES string of the molecule is COc1nc(NN)nc(Sc2nnc(C)o2)n1. The second kappa shape index (κ2) is 4.93. The molecular formula is C7H9N7O2S. The van der Waals surface area contributed by atoms with Crippen LogP contribution in [0.3, 0.4) is 0 Å². The van der Waals surface area contributed by atoms with Gasteiger partial charge in [-0.3, -0.25) is 5.43 Å². The van der Waals surface area contributed by atoms with Crippen LogP contribution in [0.5, 0.6) is 6.01 Å². The summed E-state index contributed by atoms with van der Waals surface area (Å²) in [5.74, 6) is 5.87. The van der Waals surface area contributed by atoms with Gasteiger partial charge in [0, 0.05) is 18.7 Å². The predicted octanol–water partition coefficient (Wildman–Crippen LogP) is 0.00842. The van der Waals surface area contributed by atoms with Crippen LogP contribution in [-0.4, -0.2) is 32.3 Å². The molecule has 0 bridgehead atoms. The van der Waals surface area contributed by atoms with E-state index in [0.717, 1.165) is 11.8 Å². The second-order valence-corrected chi connectivity index (χ2v) is 3.68. The molecule has 2 rings (SSSR count). The first kappa shape index (κ1) is 11.5. The van der Waals surface area contributed by atoms with E-state index in [1.165, 1.54) is 7.11 Å². The zero-order chi connectivity index (χ0) is 12.3. The first-order valence-corrected chi connectivity index (χ1v) is 5.27. The van der Waals surface area contributed by atoms with Crippen LogP contribution in [0.25, 0.3) is 0 Å². The maximum absolute atomic E-state index is 5.22. The molecule has 0 aliphatic rings. The highest BCUT2D eigenvalue weighted by molar-refractivity contribution is 7.98. The monoisotopic (exact) mass is 255 g/mol. The molecule has 2 aromatic heterocycles. The summed E-state index contributed by atoms with van der Waals surface area (Å²) in [6.07, 6.45) is 0. The van der Waals surface area contributed by atoms with Crippen molar-refractivity contribution >= 4 is 17.7 Å². The predicted molar refractivity (Wildman–Crippen MR) is 57.3 cm³/mol. The number of aryl methyl sites for hydroxylation is 1. The van der Waals surface area contributed by atoms with E-state index >= 15 is 0 Å². The molecule has 2 heterocycles. The van der Waals surface area contributed by atoms with Crippen molar-refractivity contribution in [2.75, 3.05) is 12.5 Å². The van der Waals surface area contributed by atoms with Crippen LogP contribution < -0.4 is 16.0 Å². The minimum atomic E-state index is 0.145. The third-order valence-corrected chi connectivity index (χ3v) is 2.30. The van der Waals surface area contributed by atoms with Crippen LogP contribution >= 0.6 is 11.8 Å². The molecule has 0 aliphatic heterocycles. The third-order valence-electron chi connectivity index (χ3n) is 1.59. The number of aromatic nitrogens is 5. The van der Waals surface area contributed by atoms with Gasteiger partial charge in [0.15, 0.2) is 0 Å². The van der Waals surface area contributed by atoms with E-state index in [4.69, 9.17) is 15.0 Å². The first-order chi connectivity index (χ1) is 8.21. The number of rotatable bonds is 4. The molecule has 2 aromatic rings. The van der Waals surface area contributed by atoms with Crippen LogP contribution in [-0.2, 0) is 0 Å². The quantitative estimate of drug-likeness (QED) is 0.569. The summed E-state index contributed by atoms with van der Waals surface area (Å²) in [7, 11) is 1.45. The molecule has 0 radical (unpaired) electrons. The number of nitrogens with one attached hydrogen (secondary N) is 1. The maximum Gasteiger partial charge on any atom is 0.322 e. The van der Waals surface area contributed by atoms with Gasteiger partial charge in [-0.2, -0.15) is 15.0 Å². The summed E-state index contributed by atoms with van der Waals surface area (Å²) in [6.45, 7) is 1.69. The number of hydrazine groups is 1. The average Bonchev–Trinajstić information content (AvgIpc) is 2.74. The highest BCUT2D eigenvalue weighted by atomic mass is 32.2. The minimum Gasteiger partial charge on any atom is -0.467 e. The summed E-state index contributed by atoms with van der Waals surface area (Å²) in [6, 6.07) is 0.145. The molecule has 10 heteroatoms. The van der Waals surface area contributed by atoms with Gasteiger partial charge in [0.2, 0.25) is 17.0 Å². The lowest BCUT2D eigenvalue weighted by Gasteiger charge is -2.02. The lowest BCUT2D eigenvalue weighted by molar-refractivity contribution is 0.373. The molecule has 0 aromatic carbocycles. The maximum atomic E-state index is 5.22. The average molecular weight is 255 g/mol. The highest BCUT2D eigenvalue weighted by Crippen LogP contribution is 2.24. The number of anilines is 1. The lowest BCUT2D eigenvalue weighted by Crippen LogP contribution is -2.12. The zero-order valence-electron chi connectivity index (χ0n) is 9.04. The normalized spacial score (nSPS) is 10.3. The Labute approximate surface area is 100 Å². The van der Waals surface area contributed by atoms with Crippen LogP contribution in [0.4, 0.5) is 5.95 Å². The topological polar surface area (TPSA) is 125 Å². The Balaban J connectivity index is 2.25. The molecule has 17 heavy (non-hydrogen) atoms. The highest BCUT2D eigenvalue weighted by Gasteiger charge is 2.11. The standard InChI is InChI=1S/C7H9N7O2S/c1-3-13-14-7(16-3)17-6-10-4(12-8)9-5(11-6)15-2/h8H2,1-2H3,(H,9,10,11,12). The number of methoxy groups -OCH3 is 1. The van der Waals surface area contributed by atoms with Crippen LogP contribution in [0.15, 0.2) is 14.8 Å². The van der Waals surface area contributed by atoms with Crippen molar-refractivity contribution in [1.82, 2.24) is 25.1 Å². The fraction of sp³-hybridized carbons (Fsp3) is 0.286. The molecule has 90 valence electrons. The summed E-state index contributed by atoms with van der Waals surface area (Å²) < 4.78 is 10.1. The Morgan fingerprint density at radius 3 is 2.71 bits per heavy atom. The van der Waals surface area contributed by atoms with Gasteiger partial charge >= 0.3 is 6.01 Å². The Morgan fingerprint density at radius 2 is 2.12 bits per heavy atom. The summed E-state index contributed by atoms with van der Waals surface area (Å²) >= 11 is 1.09. The molecule has 0 unspecified atom stereocenters. The zero-order valence-corrected chi connectivity index (χ0v) is 9.85. The molecule has 0 spiro atoms. The van der Waals surface area contributed by atoms with Crippen molar-refractivity contribution in [3.8, 4) is 6.01 Å².